The van der Waals surface area contributed by atoms with Gasteiger partial charge in [-0.1, -0.05) is 48.5 Å². The highest BCUT2D eigenvalue weighted by Gasteiger charge is 2.63. The molecule has 0 aromatic carbocycles. The van der Waals surface area contributed by atoms with Gasteiger partial charge in [0.25, 0.3) is 0 Å². The number of Topliss-reactive ketones (excluding diaryl/α,β-unsaturated/α-hetero) is 4. The molecule has 172 valence electrons. The highest BCUT2D eigenvalue weighted by molar-refractivity contribution is 6.12. The Morgan fingerprint density at radius 3 is 1.47 bits per heavy atom. The maximum atomic E-state index is 13.4. The van der Waals surface area contributed by atoms with Gasteiger partial charge in [0.1, 0.15) is 17.3 Å². The summed E-state index contributed by atoms with van der Waals surface area (Å²) < 4.78 is 0. The maximum Gasteiger partial charge on any atom is 0.153 e. The first kappa shape index (κ1) is 26.7. The van der Waals surface area contributed by atoms with Crippen molar-refractivity contribution in [1.29, 1.82) is 0 Å². The lowest BCUT2D eigenvalue weighted by molar-refractivity contribution is -0.169. The molecular formula is C26H44O4. The monoisotopic (exact) mass is 420 g/mol. The van der Waals surface area contributed by atoms with Crippen LogP contribution in [-0.2, 0) is 19.2 Å². The topological polar surface area (TPSA) is 68.3 Å². The summed E-state index contributed by atoms with van der Waals surface area (Å²) in [6, 6.07) is 0. The molecule has 2 fully saturated rings. The maximum absolute atomic E-state index is 13.4. The lowest BCUT2D eigenvalue weighted by atomic mass is 9.44. The molecule has 0 heterocycles. The summed E-state index contributed by atoms with van der Waals surface area (Å²) in [5.41, 5.74) is -1.14. The number of rotatable bonds is 7. The summed E-state index contributed by atoms with van der Waals surface area (Å²) in [7, 11) is 0. The third-order valence-corrected chi connectivity index (χ3v) is 8.72. The largest absolute Gasteiger partial charge is 0.299 e. The molecule has 0 bridgehead atoms. The molecule has 0 aliphatic heterocycles. The Morgan fingerprint density at radius 1 is 0.700 bits per heavy atom. The zero-order valence-corrected chi connectivity index (χ0v) is 20.5. The van der Waals surface area contributed by atoms with Crippen molar-refractivity contribution in [3.05, 3.63) is 0 Å². The van der Waals surface area contributed by atoms with Crippen molar-refractivity contribution < 1.29 is 19.2 Å². The van der Waals surface area contributed by atoms with Crippen molar-refractivity contribution in [2.75, 3.05) is 0 Å². The molecule has 0 atom stereocenters. The van der Waals surface area contributed by atoms with Gasteiger partial charge < -0.3 is 0 Å². The van der Waals surface area contributed by atoms with E-state index in [9.17, 15) is 19.2 Å². The number of carbonyl (C=O) groups is 4. The van der Waals surface area contributed by atoms with Gasteiger partial charge in [-0.05, 0) is 56.8 Å². The first-order valence-electron chi connectivity index (χ1n) is 12.3. The highest BCUT2D eigenvalue weighted by Crippen LogP contribution is 2.61. The quantitative estimate of drug-likeness (QED) is 0.454. The van der Waals surface area contributed by atoms with Crippen LogP contribution in [0.3, 0.4) is 0 Å². The van der Waals surface area contributed by atoms with Gasteiger partial charge in [0.05, 0.1) is 11.3 Å². The van der Waals surface area contributed by atoms with Crippen molar-refractivity contribution in [2.24, 2.45) is 22.2 Å². The fourth-order valence-corrected chi connectivity index (χ4v) is 6.35. The Hall–Kier alpha value is -1.32. The molecule has 0 aromatic heterocycles. The SMILES string of the molecule is CCC1(CC)C(=O)CC(CC)(CC)C(CC)(CC)C1=O.CCC1C(=O)CCCC1=O. The van der Waals surface area contributed by atoms with Crippen LogP contribution in [0.1, 0.15) is 119 Å². The van der Waals surface area contributed by atoms with E-state index < -0.39 is 5.41 Å². The summed E-state index contributed by atoms with van der Waals surface area (Å²) in [6.07, 6.45) is 8.17. The van der Waals surface area contributed by atoms with Gasteiger partial charge in [0.15, 0.2) is 5.78 Å². The normalized spacial score (nSPS) is 23.2. The average Bonchev–Trinajstić information content (AvgIpc) is 2.75. The molecule has 2 rings (SSSR count). The summed E-state index contributed by atoms with van der Waals surface area (Å²) in [5, 5.41) is 0. The highest BCUT2D eigenvalue weighted by atomic mass is 16.2. The third kappa shape index (κ3) is 4.21. The van der Waals surface area contributed by atoms with E-state index in [2.05, 4.69) is 27.7 Å². The van der Waals surface area contributed by atoms with E-state index in [1.54, 1.807) is 0 Å². The molecule has 0 N–H and O–H groups in total. The van der Waals surface area contributed by atoms with Crippen molar-refractivity contribution in [3.8, 4) is 0 Å². The van der Waals surface area contributed by atoms with Crippen molar-refractivity contribution in [1.82, 2.24) is 0 Å². The van der Waals surface area contributed by atoms with E-state index in [1.165, 1.54) is 0 Å². The molecule has 0 unspecified atom stereocenters. The Labute approximate surface area is 184 Å². The number of carbonyl (C=O) groups excluding carboxylic acids is 4. The van der Waals surface area contributed by atoms with E-state index in [0.717, 1.165) is 32.1 Å². The van der Waals surface area contributed by atoms with Crippen LogP contribution in [0.4, 0.5) is 0 Å². The zero-order valence-electron chi connectivity index (χ0n) is 20.5. The Balaban J connectivity index is 0.000000375. The average molecular weight is 421 g/mol. The third-order valence-electron chi connectivity index (χ3n) is 8.72. The fraction of sp³-hybridized carbons (Fsp3) is 0.846. The molecule has 2 aliphatic rings. The van der Waals surface area contributed by atoms with Crippen molar-refractivity contribution in [2.45, 2.75) is 119 Å². The van der Waals surface area contributed by atoms with Gasteiger partial charge in [-0.3, -0.25) is 19.2 Å². The second-order valence-electron chi connectivity index (χ2n) is 9.24. The standard InChI is InChI=1S/C18H32O2.C8H12O2/c1-7-16(8-2)13-14(19)17(9-3,10-4)15(20)18(16,11-5)12-6;1-2-6-7(9)4-3-5-8(6)10/h7-13H2,1-6H3;6H,2-5H2,1H3. The van der Waals surface area contributed by atoms with E-state index in [-0.39, 0.29) is 39.9 Å². The number of hydrogen-bond donors (Lipinski definition) is 0. The first-order chi connectivity index (χ1) is 14.1. The summed E-state index contributed by atoms with van der Waals surface area (Å²) in [6.45, 7) is 14.5. The molecule has 4 heteroatoms. The van der Waals surface area contributed by atoms with Crippen molar-refractivity contribution >= 4 is 23.1 Å². The molecule has 2 saturated carbocycles. The predicted octanol–water partition coefficient (Wildman–Crippen LogP) is 6.28. The van der Waals surface area contributed by atoms with Crippen LogP contribution in [-0.4, -0.2) is 23.1 Å². The molecule has 4 nitrogen and oxygen atoms in total. The van der Waals surface area contributed by atoms with Crippen molar-refractivity contribution in [3.63, 3.8) is 0 Å². The van der Waals surface area contributed by atoms with E-state index >= 15 is 0 Å². The first-order valence-corrected chi connectivity index (χ1v) is 12.3. The van der Waals surface area contributed by atoms with Gasteiger partial charge in [0.2, 0.25) is 0 Å². The van der Waals surface area contributed by atoms with Crippen LogP contribution in [0.5, 0.6) is 0 Å². The fourth-order valence-electron chi connectivity index (χ4n) is 6.35. The Bertz CT molecular complexity index is 617. The van der Waals surface area contributed by atoms with Gasteiger partial charge in [-0.2, -0.15) is 0 Å². The van der Waals surface area contributed by atoms with Crippen LogP contribution in [0.25, 0.3) is 0 Å². The Morgan fingerprint density at radius 2 is 1.17 bits per heavy atom. The Kier molecular flexibility index (Phi) is 9.63. The second-order valence-corrected chi connectivity index (χ2v) is 9.24. The summed E-state index contributed by atoms with van der Waals surface area (Å²) >= 11 is 0. The van der Waals surface area contributed by atoms with Crippen LogP contribution >= 0.6 is 0 Å². The minimum atomic E-state index is -0.708. The molecule has 30 heavy (non-hydrogen) atoms. The van der Waals surface area contributed by atoms with Crippen LogP contribution in [0.15, 0.2) is 0 Å². The van der Waals surface area contributed by atoms with Gasteiger partial charge in [-0.15, -0.1) is 0 Å². The summed E-state index contributed by atoms with van der Waals surface area (Å²) in [4.78, 5) is 48.3. The molecule has 2 aliphatic carbocycles. The second kappa shape index (κ2) is 10.8. The van der Waals surface area contributed by atoms with Crippen LogP contribution in [0.2, 0.25) is 0 Å². The van der Waals surface area contributed by atoms with E-state index in [0.29, 0.717) is 38.5 Å². The molecule has 0 spiro atoms. The number of hydrogen-bond acceptors (Lipinski definition) is 4. The smallest absolute Gasteiger partial charge is 0.153 e. The lowest BCUT2D eigenvalue weighted by Gasteiger charge is -2.56. The molecule has 0 amide bonds. The lowest BCUT2D eigenvalue weighted by Crippen LogP contribution is -2.61. The number of ketones is 4. The molecular weight excluding hydrogens is 376 g/mol. The van der Waals surface area contributed by atoms with E-state index in [4.69, 9.17) is 0 Å². The van der Waals surface area contributed by atoms with Gasteiger partial charge >= 0.3 is 0 Å². The summed E-state index contributed by atoms with van der Waals surface area (Å²) in [5.74, 6) is 0.500. The predicted molar refractivity (Wildman–Crippen MR) is 121 cm³/mol. The molecule has 0 aromatic rings. The van der Waals surface area contributed by atoms with Gasteiger partial charge in [0, 0.05) is 24.7 Å². The minimum Gasteiger partial charge on any atom is -0.299 e. The zero-order chi connectivity index (χ0) is 23.2. The minimum absolute atomic E-state index is 0.126. The van der Waals surface area contributed by atoms with Gasteiger partial charge in [-0.25, -0.2) is 0 Å². The molecule has 0 saturated heterocycles. The van der Waals surface area contributed by atoms with E-state index in [1.807, 2.05) is 20.8 Å². The van der Waals surface area contributed by atoms with Crippen LogP contribution < -0.4 is 0 Å². The van der Waals surface area contributed by atoms with Crippen LogP contribution in [0, 0.1) is 22.2 Å². The molecule has 0 radical (unpaired) electrons.